The second kappa shape index (κ2) is 10.1. The third-order valence-corrected chi connectivity index (χ3v) is 7.46. The van der Waals surface area contributed by atoms with Crippen LogP contribution in [0.15, 0.2) is 48.2 Å². The molecule has 0 unspecified atom stereocenters. The van der Waals surface area contributed by atoms with Crippen molar-refractivity contribution in [3.63, 3.8) is 0 Å². The number of likely N-dealkylation sites (tertiary alicyclic amines) is 1. The van der Waals surface area contributed by atoms with Crippen LogP contribution in [0.5, 0.6) is 0 Å². The van der Waals surface area contributed by atoms with E-state index in [4.69, 9.17) is 4.74 Å². The number of aryl methyl sites for hydroxylation is 2. The molecule has 2 fully saturated rings. The van der Waals surface area contributed by atoms with Gasteiger partial charge in [0.1, 0.15) is 11.3 Å². The summed E-state index contributed by atoms with van der Waals surface area (Å²) in [6, 6.07) is 11.1. The predicted octanol–water partition coefficient (Wildman–Crippen LogP) is 3.83. The molecule has 8 nitrogen and oxygen atoms in total. The fourth-order valence-electron chi connectivity index (χ4n) is 5.32. The molecule has 1 amide bonds. The zero-order chi connectivity index (χ0) is 26.3. The first-order chi connectivity index (χ1) is 17.8. The van der Waals surface area contributed by atoms with Crippen LogP contribution in [0.25, 0.3) is 11.4 Å². The fraction of sp³-hybridized carbons (Fsp3) is 0.414. The van der Waals surface area contributed by atoms with E-state index in [-0.39, 0.29) is 11.3 Å². The number of pyridine rings is 1. The van der Waals surface area contributed by atoms with Crippen molar-refractivity contribution in [2.24, 2.45) is 0 Å². The summed E-state index contributed by atoms with van der Waals surface area (Å²) in [5, 5.41) is 11.7. The number of benzene rings is 1. The van der Waals surface area contributed by atoms with Crippen LogP contribution in [0.1, 0.15) is 53.9 Å². The van der Waals surface area contributed by atoms with Crippen LogP contribution in [0.4, 0.5) is 0 Å². The number of aliphatic hydroxyl groups is 1. The molecule has 4 heterocycles. The lowest BCUT2D eigenvalue weighted by atomic mass is 9.94. The van der Waals surface area contributed by atoms with Gasteiger partial charge in [-0.05, 0) is 42.5 Å². The number of nitrogens with zero attached hydrogens (tertiary/aromatic N) is 4. The highest BCUT2D eigenvalue weighted by Gasteiger charge is 2.46. The number of aromatic nitrogens is 2. The summed E-state index contributed by atoms with van der Waals surface area (Å²) in [5.74, 6) is -1.10. The van der Waals surface area contributed by atoms with Gasteiger partial charge in [-0.1, -0.05) is 44.2 Å². The number of morpholine rings is 1. The second-order valence-corrected chi connectivity index (χ2v) is 10.2. The van der Waals surface area contributed by atoms with Crippen molar-refractivity contribution in [3.8, 4) is 0 Å². The van der Waals surface area contributed by atoms with Gasteiger partial charge in [0.05, 0.1) is 30.5 Å². The van der Waals surface area contributed by atoms with Gasteiger partial charge >= 0.3 is 0 Å². The maximum Gasteiger partial charge on any atom is 0.295 e. The number of Topliss-reactive ketones (excluding diaryl/α,β-unsaturated/α-hetero) is 1. The number of aliphatic hydroxyl groups excluding tert-OH is 1. The molecule has 1 N–H and O–H groups in total. The van der Waals surface area contributed by atoms with E-state index in [9.17, 15) is 14.7 Å². The Bertz CT molecular complexity index is 1370. The molecule has 5 rings (SSSR count). The summed E-state index contributed by atoms with van der Waals surface area (Å²) in [7, 11) is 0. The Labute approximate surface area is 217 Å². The lowest BCUT2D eigenvalue weighted by Crippen LogP contribution is -2.42. The lowest BCUT2D eigenvalue weighted by molar-refractivity contribution is -0.140. The Hall–Kier alpha value is -3.49. The van der Waals surface area contributed by atoms with Crippen LogP contribution in [-0.4, -0.2) is 75.4 Å². The first kappa shape index (κ1) is 25.2. The molecule has 2 aliphatic rings. The Morgan fingerprint density at radius 2 is 1.78 bits per heavy atom. The van der Waals surface area contributed by atoms with Gasteiger partial charge in [0.15, 0.2) is 5.76 Å². The molecule has 2 aromatic heterocycles. The standard InChI is InChI=1S/C29H34N4O4/c1-18(2)21-7-9-22(10-8-21)25-23(26(34)24-20(4)30-28-19(3)6-5-11-32(24)28)27(35)29(36)33(25)13-12-31-14-16-37-17-15-31/h5-11,18,25,34H,12-17H2,1-4H3/b26-23+/t25-/m1/s1. The average Bonchev–Trinajstić information content (AvgIpc) is 3.37. The van der Waals surface area contributed by atoms with Gasteiger partial charge < -0.3 is 14.7 Å². The molecule has 2 aliphatic heterocycles. The largest absolute Gasteiger partial charge is 0.505 e. The molecule has 0 spiro atoms. The van der Waals surface area contributed by atoms with Crippen LogP contribution in [-0.2, 0) is 14.3 Å². The molecular formula is C29H34N4O4. The molecule has 1 aromatic carbocycles. The fourth-order valence-corrected chi connectivity index (χ4v) is 5.32. The molecule has 2 saturated heterocycles. The molecule has 1 atom stereocenters. The van der Waals surface area contributed by atoms with E-state index in [1.54, 1.807) is 9.30 Å². The van der Waals surface area contributed by atoms with Gasteiger partial charge in [0.2, 0.25) is 0 Å². The van der Waals surface area contributed by atoms with Gasteiger partial charge in [-0.3, -0.25) is 18.9 Å². The van der Waals surface area contributed by atoms with Crippen molar-refractivity contribution in [1.29, 1.82) is 0 Å². The smallest absolute Gasteiger partial charge is 0.295 e. The first-order valence-electron chi connectivity index (χ1n) is 12.9. The van der Waals surface area contributed by atoms with Crippen molar-refractivity contribution in [3.05, 3.63) is 76.2 Å². The molecule has 8 heteroatoms. The Morgan fingerprint density at radius 3 is 2.46 bits per heavy atom. The summed E-state index contributed by atoms with van der Waals surface area (Å²) >= 11 is 0. The molecule has 0 aliphatic carbocycles. The first-order valence-corrected chi connectivity index (χ1v) is 12.9. The third-order valence-electron chi connectivity index (χ3n) is 7.46. The van der Waals surface area contributed by atoms with Crippen LogP contribution < -0.4 is 0 Å². The minimum atomic E-state index is -0.683. The number of ketones is 1. The number of carbonyl (C=O) groups is 2. The number of hydrogen-bond acceptors (Lipinski definition) is 6. The van der Waals surface area contributed by atoms with Crippen LogP contribution >= 0.6 is 0 Å². The van der Waals surface area contributed by atoms with Gasteiger partial charge in [-0.15, -0.1) is 0 Å². The second-order valence-electron chi connectivity index (χ2n) is 10.2. The van der Waals surface area contributed by atoms with Crippen molar-refractivity contribution in [2.75, 3.05) is 39.4 Å². The van der Waals surface area contributed by atoms with E-state index < -0.39 is 17.7 Å². The summed E-state index contributed by atoms with van der Waals surface area (Å²) in [6.45, 7) is 11.9. The summed E-state index contributed by atoms with van der Waals surface area (Å²) < 4.78 is 7.24. The molecule has 37 heavy (non-hydrogen) atoms. The van der Waals surface area contributed by atoms with Crippen molar-refractivity contribution >= 4 is 23.1 Å². The van der Waals surface area contributed by atoms with Crippen molar-refractivity contribution < 1.29 is 19.4 Å². The van der Waals surface area contributed by atoms with Crippen molar-refractivity contribution in [1.82, 2.24) is 19.2 Å². The van der Waals surface area contributed by atoms with Gasteiger partial charge in [0, 0.05) is 32.4 Å². The average molecular weight is 503 g/mol. The van der Waals surface area contributed by atoms with Gasteiger partial charge in [-0.25, -0.2) is 4.98 Å². The maximum atomic E-state index is 13.5. The van der Waals surface area contributed by atoms with E-state index in [0.29, 0.717) is 49.3 Å². The van der Waals surface area contributed by atoms with E-state index in [1.165, 1.54) is 5.56 Å². The summed E-state index contributed by atoms with van der Waals surface area (Å²) in [4.78, 5) is 35.4. The Balaban J connectivity index is 1.62. The molecular weight excluding hydrogens is 468 g/mol. The number of fused-ring (bicyclic) bond motifs is 1. The molecule has 194 valence electrons. The normalized spacial score (nSPS) is 20.5. The number of rotatable bonds is 6. The number of amides is 1. The van der Waals surface area contributed by atoms with Gasteiger partial charge in [0.25, 0.3) is 11.7 Å². The summed E-state index contributed by atoms with van der Waals surface area (Å²) in [6.07, 6.45) is 1.82. The van der Waals surface area contributed by atoms with Crippen LogP contribution in [0.3, 0.4) is 0 Å². The topological polar surface area (TPSA) is 87.4 Å². The zero-order valence-corrected chi connectivity index (χ0v) is 21.9. The minimum Gasteiger partial charge on any atom is -0.505 e. The zero-order valence-electron chi connectivity index (χ0n) is 21.9. The highest BCUT2D eigenvalue weighted by Crippen LogP contribution is 2.40. The maximum absolute atomic E-state index is 13.5. The minimum absolute atomic E-state index is 0.107. The molecule has 3 aromatic rings. The van der Waals surface area contributed by atoms with Crippen LogP contribution in [0.2, 0.25) is 0 Å². The number of hydrogen-bond donors (Lipinski definition) is 1. The SMILES string of the molecule is Cc1nc2c(C)cccn2c1/C(O)=C1\C(=O)C(=O)N(CCN2CCOCC2)[C@@H]1c1ccc(C(C)C)cc1. The monoisotopic (exact) mass is 502 g/mol. The number of imidazole rings is 1. The third kappa shape index (κ3) is 4.55. The Morgan fingerprint density at radius 1 is 1.08 bits per heavy atom. The van der Waals surface area contributed by atoms with E-state index in [1.807, 2.05) is 56.4 Å². The van der Waals surface area contributed by atoms with E-state index in [0.717, 1.165) is 24.2 Å². The van der Waals surface area contributed by atoms with Crippen molar-refractivity contribution in [2.45, 2.75) is 39.7 Å². The highest BCUT2D eigenvalue weighted by molar-refractivity contribution is 6.46. The molecule has 0 radical (unpaired) electrons. The molecule has 0 bridgehead atoms. The van der Waals surface area contributed by atoms with E-state index >= 15 is 0 Å². The van der Waals surface area contributed by atoms with Crippen LogP contribution in [0, 0.1) is 13.8 Å². The number of carbonyl (C=O) groups excluding carboxylic acids is 2. The quantitative estimate of drug-likeness (QED) is 0.313. The highest BCUT2D eigenvalue weighted by atomic mass is 16.5. The Kier molecular flexibility index (Phi) is 6.88. The molecule has 0 saturated carbocycles. The predicted molar refractivity (Wildman–Crippen MR) is 141 cm³/mol. The number of ether oxygens (including phenoxy) is 1. The van der Waals surface area contributed by atoms with Gasteiger partial charge in [-0.2, -0.15) is 0 Å². The van der Waals surface area contributed by atoms with E-state index in [2.05, 4.69) is 23.7 Å². The lowest BCUT2D eigenvalue weighted by Gasteiger charge is -2.31. The summed E-state index contributed by atoms with van der Waals surface area (Å²) in [5.41, 5.74) is 4.78.